The summed E-state index contributed by atoms with van der Waals surface area (Å²) in [5.74, 6) is 0.835. The number of nitrogens with zero attached hydrogens (tertiary/aromatic N) is 2. The van der Waals surface area contributed by atoms with E-state index in [9.17, 15) is 0 Å². The molecule has 0 aliphatic carbocycles. The van der Waals surface area contributed by atoms with Crippen LogP contribution in [0.1, 0.15) is 12.5 Å². The van der Waals surface area contributed by atoms with Gasteiger partial charge in [-0.05, 0) is 38.1 Å². The molecule has 0 bridgehead atoms. The Bertz CT molecular complexity index is 600. The van der Waals surface area contributed by atoms with Gasteiger partial charge in [0.15, 0.2) is 0 Å². The molecule has 0 radical (unpaired) electrons. The fourth-order valence-electron chi connectivity index (χ4n) is 1.83. The molecular formula is C15H16N2. The van der Waals surface area contributed by atoms with Crippen LogP contribution in [0.2, 0.25) is 0 Å². The first-order chi connectivity index (χ1) is 8.26. The highest BCUT2D eigenvalue weighted by atomic mass is 15.0. The number of rotatable bonds is 2. The zero-order valence-corrected chi connectivity index (χ0v) is 10.2. The van der Waals surface area contributed by atoms with Crippen molar-refractivity contribution >= 4 is 16.7 Å². The number of fused-ring (bicyclic) bond motifs is 1. The third-order valence-electron chi connectivity index (χ3n) is 2.63. The second kappa shape index (κ2) is 4.83. The van der Waals surface area contributed by atoms with Gasteiger partial charge < -0.3 is 4.57 Å². The molecule has 1 aromatic carbocycles. The van der Waals surface area contributed by atoms with E-state index in [-0.39, 0.29) is 0 Å². The summed E-state index contributed by atoms with van der Waals surface area (Å²) in [6, 6.07) is 8.48. The van der Waals surface area contributed by atoms with Gasteiger partial charge in [-0.2, -0.15) is 0 Å². The molecule has 0 spiro atoms. The number of aliphatic imine (C=N–C) groups is 1. The molecule has 0 fully saturated rings. The molecule has 2 nitrogen and oxygen atoms in total. The van der Waals surface area contributed by atoms with Gasteiger partial charge in [-0.15, -0.1) is 0 Å². The van der Waals surface area contributed by atoms with E-state index in [0.717, 1.165) is 11.4 Å². The third-order valence-corrected chi connectivity index (χ3v) is 2.63. The maximum atomic E-state index is 4.36. The Balaban J connectivity index is 2.58. The largest absolute Gasteiger partial charge is 0.301 e. The number of hydrogen-bond donors (Lipinski definition) is 0. The van der Waals surface area contributed by atoms with Crippen molar-refractivity contribution in [1.82, 2.24) is 4.57 Å². The molecule has 0 amide bonds. The predicted octanol–water partition coefficient (Wildman–Crippen LogP) is 3.92. The average Bonchev–Trinajstić information content (AvgIpc) is 2.73. The zero-order valence-electron chi connectivity index (χ0n) is 10.2. The van der Waals surface area contributed by atoms with Crippen molar-refractivity contribution in [2.24, 2.45) is 4.99 Å². The summed E-state index contributed by atoms with van der Waals surface area (Å²) in [6.07, 6.45) is 7.46. The highest BCUT2D eigenvalue weighted by Crippen LogP contribution is 2.17. The van der Waals surface area contributed by atoms with Crippen LogP contribution in [-0.2, 0) is 0 Å². The van der Waals surface area contributed by atoms with Crippen LogP contribution in [0.5, 0.6) is 0 Å². The molecule has 0 saturated heterocycles. The van der Waals surface area contributed by atoms with Crippen LogP contribution >= 0.6 is 0 Å². The first-order valence-electron chi connectivity index (χ1n) is 5.65. The predicted molar refractivity (Wildman–Crippen MR) is 74.5 cm³/mol. The summed E-state index contributed by atoms with van der Waals surface area (Å²) in [5.41, 5.74) is 2.42. The monoisotopic (exact) mass is 224 g/mol. The molecule has 0 aliphatic heterocycles. The lowest BCUT2D eigenvalue weighted by atomic mass is 10.2. The van der Waals surface area contributed by atoms with E-state index in [4.69, 9.17) is 0 Å². The van der Waals surface area contributed by atoms with Crippen molar-refractivity contribution in [3.8, 4) is 0 Å². The molecule has 0 unspecified atom stereocenters. The van der Waals surface area contributed by atoms with Crippen LogP contribution in [0, 0.1) is 6.92 Å². The minimum absolute atomic E-state index is 0.835. The van der Waals surface area contributed by atoms with Crippen molar-refractivity contribution < 1.29 is 0 Å². The normalized spacial score (nSPS) is 12.5. The van der Waals surface area contributed by atoms with Crippen molar-refractivity contribution in [2.75, 3.05) is 0 Å². The van der Waals surface area contributed by atoms with E-state index in [1.165, 1.54) is 10.9 Å². The van der Waals surface area contributed by atoms with Crippen LogP contribution < -0.4 is 0 Å². The van der Waals surface area contributed by atoms with Crippen molar-refractivity contribution in [3.63, 3.8) is 0 Å². The van der Waals surface area contributed by atoms with Crippen LogP contribution in [0.4, 0.5) is 0 Å². The Hall–Kier alpha value is -2.09. The topological polar surface area (TPSA) is 17.3 Å². The molecule has 0 saturated carbocycles. The zero-order chi connectivity index (χ0) is 12.3. The first kappa shape index (κ1) is 11.4. The fraction of sp³-hybridized carbons (Fsp3) is 0.133. The second-order valence-electron chi connectivity index (χ2n) is 3.92. The fourth-order valence-corrected chi connectivity index (χ4v) is 1.83. The second-order valence-corrected chi connectivity index (χ2v) is 3.92. The molecule has 0 aliphatic rings. The van der Waals surface area contributed by atoms with Gasteiger partial charge in [-0.25, -0.2) is 4.99 Å². The number of benzene rings is 1. The van der Waals surface area contributed by atoms with Gasteiger partial charge in [-0.3, -0.25) is 0 Å². The van der Waals surface area contributed by atoms with Crippen LogP contribution in [0.3, 0.4) is 0 Å². The molecule has 17 heavy (non-hydrogen) atoms. The summed E-state index contributed by atoms with van der Waals surface area (Å²) in [4.78, 5) is 4.36. The molecule has 2 rings (SSSR count). The maximum Gasteiger partial charge on any atom is 0.136 e. The summed E-state index contributed by atoms with van der Waals surface area (Å²) in [5, 5.41) is 1.22. The molecule has 1 heterocycles. The van der Waals surface area contributed by atoms with Gasteiger partial charge in [0.1, 0.15) is 5.84 Å². The summed E-state index contributed by atoms with van der Waals surface area (Å²) in [7, 11) is 0. The van der Waals surface area contributed by atoms with Crippen LogP contribution in [0.15, 0.2) is 60.4 Å². The Morgan fingerprint density at radius 3 is 2.88 bits per heavy atom. The molecule has 0 atom stereocenters. The van der Waals surface area contributed by atoms with E-state index in [2.05, 4.69) is 42.8 Å². The molecule has 86 valence electrons. The average molecular weight is 224 g/mol. The lowest BCUT2D eigenvalue weighted by Crippen LogP contribution is -2.06. The summed E-state index contributed by atoms with van der Waals surface area (Å²) < 4.78 is 2.04. The van der Waals surface area contributed by atoms with Gasteiger partial charge in [-0.1, -0.05) is 24.3 Å². The Labute approximate surface area is 102 Å². The molecule has 0 N–H and O–H groups in total. The van der Waals surface area contributed by atoms with Crippen molar-refractivity contribution in [3.05, 3.63) is 61.0 Å². The van der Waals surface area contributed by atoms with Gasteiger partial charge >= 0.3 is 0 Å². The quantitative estimate of drug-likeness (QED) is 0.543. The number of aromatic nitrogens is 1. The van der Waals surface area contributed by atoms with Crippen LogP contribution in [-0.4, -0.2) is 10.4 Å². The number of hydrogen-bond acceptors (Lipinski definition) is 1. The number of allylic oxidation sites excluding steroid dienone is 2. The van der Waals surface area contributed by atoms with Crippen molar-refractivity contribution in [2.45, 2.75) is 13.8 Å². The van der Waals surface area contributed by atoms with Crippen molar-refractivity contribution in [1.29, 1.82) is 0 Å². The van der Waals surface area contributed by atoms with Gasteiger partial charge in [0.05, 0.1) is 5.52 Å². The standard InChI is InChI=1S/C15H16N2/c1-4-9-16-15(5-2)17-10-8-13-11-12(3)6-7-14(13)17/h4-11H,2H2,1,3H3/b9-4-,16-15?. The molecule has 1 aromatic heterocycles. The van der Waals surface area contributed by atoms with Gasteiger partial charge in [0, 0.05) is 17.8 Å². The smallest absolute Gasteiger partial charge is 0.136 e. The Morgan fingerprint density at radius 1 is 1.35 bits per heavy atom. The van der Waals surface area contributed by atoms with E-state index in [1.54, 1.807) is 12.3 Å². The van der Waals surface area contributed by atoms with Crippen LogP contribution in [0.25, 0.3) is 10.9 Å². The number of aryl methyl sites for hydroxylation is 1. The van der Waals surface area contributed by atoms with E-state index < -0.39 is 0 Å². The minimum atomic E-state index is 0.835. The lowest BCUT2D eigenvalue weighted by molar-refractivity contribution is 1.21. The van der Waals surface area contributed by atoms with Gasteiger partial charge in [0.25, 0.3) is 0 Å². The summed E-state index contributed by atoms with van der Waals surface area (Å²) in [6.45, 7) is 7.85. The lowest BCUT2D eigenvalue weighted by Gasteiger charge is -2.04. The maximum absolute atomic E-state index is 4.36. The van der Waals surface area contributed by atoms with E-state index in [1.807, 2.05) is 23.8 Å². The SMILES string of the molecule is C=CC(=N/C=C\C)n1ccc2cc(C)ccc21. The molecule has 2 heteroatoms. The molecule has 2 aromatic rings. The highest BCUT2D eigenvalue weighted by Gasteiger charge is 2.03. The van der Waals surface area contributed by atoms with E-state index >= 15 is 0 Å². The Kier molecular flexibility index (Phi) is 3.24. The summed E-state index contributed by atoms with van der Waals surface area (Å²) >= 11 is 0. The van der Waals surface area contributed by atoms with E-state index in [0.29, 0.717) is 0 Å². The minimum Gasteiger partial charge on any atom is -0.301 e. The molecular weight excluding hydrogens is 208 g/mol. The first-order valence-corrected chi connectivity index (χ1v) is 5.65. The third kappa shape index (κ3) is 2.21. The Morgan fingerprint density at radius 2 is 2.18 bits per heavy atom. The highest BCUT2D eigenvalue weighted by molar-refractivity contribution is 6.01. The van der Waals surface area contributed by atoms with Gasteiger partial charge in [0.2, 0.25) is 0 Å².